The third-order valence-corrected chi connectivity index (χ3v) is 3.26. The van der Waals surface area contributed by atoms with Crippen molar-refractivity contribution in [2.45, 2.75) is 19.3 Å². The standard InChI is InChI=1S/C15H17NO2/c1-15(2,11-5-3-7-13(17)9-11)12-6-4-8-14(10-12)18-16/h3-10,17H,16H2,1-2H3. The minimum absolute atomic E-state index is 0.229. The second-order valence-corrected chi connectivity index (χ2v) is 4.82. The van der Waals surface area contributed by atoms with Gasteiger partial charge in [0.2, 0.25) is 0 Å². The van der Waals surface area contributed by atoms with Gasteiger partial charge in [-0.15, -0.1) is 0 Å². The van der Waals surface area contributed by atoms with Crippen molar-refractivity contribution in [2.75, 3.05) is 0 Å². The maximum Gasteiger partial charge on any atom is 0.147 e. The summed E-state index contributed by atoms with van der Waals surface area (Å²) in [6.07, 6.45) is 0. The maximum absolute atomic E-state index is 9.58. The largest absolute Gasteiger partial charge is 0.508 e. The van der Waals surface area contributed by atoms with Gasteiger partial charge in [0.05, 0.1) is 0 Å². The number of hydrogen-bond acceptors (Lipinski definition) is 3. The van der Waals surface area contributed by atoms with E-state index in [1.54, 1.807) is 12.1 Å². The van der Waals surface area contributed by atoms with Crippen LogP contribution in [-0.4, -0.2) is 5.11 Å². The molecule has 0 aromatic heterocycles. The van der Waals surface area contributed by atoms with Crippen LogP contribution < -0.4 is 10.7 Å². The first-order chi connectivity index (χ1) is 8.54. The molecule has 3 N–H and O–H groups in total. The van der Waals surface area contributed by atoms with Crippen molar-refractivity contribution in [3.05, 3.63) is 59.7 Å². The van der Waals surface area contributed by atoms with Crippen molar-refractivity contribution in [2.24, 2.45) is 5.90 Å². The monoisotopic (exact) mass is 243 g/mol. The smallest absolute Gasteiger partial charge is 0.147 e. The lowest BCUT2D eigenvalue weighted by Crippen LogP contribution is -2.19. The van der Waals surface area contributed by atoms with Crippen LogP contribution >= 0.6 is 0 Å². The predicted octanol–water partition coefficient (Wildman–Crippen LogP) is 2.97. The van der Waals surface area contributed by atoms with Gasteiger partial charge in [0.15, 0.2) is 0 Å². The van der Waals surface area contributed by atoms with Gasteiger partial charge in [-0.1, -0.05) is 38.1 Å². The van der Waals surface area contributed by atoms with Gasteiger partial charge in [-0.3, -0.25) is 0 Å². The number of nitrogens with two attached hydrogens (primary N) is 1. The summed E-state index contributed by atoms with van der Waals surface area (Å²) in [5, 5.41) is 9.58. The first-order valence-corrected chi connectivity index (χ1v) is 5.81. The van der Waals surface area contributed by atoms with Crippen LogP contribution in [0.4, 0.5) is 0 Å². The van der Waals surface area contributed by atoms with Crippen LogP contribution in [0.1, 0.15) is 25.0 Å². The second kappa shape index (κ2) is 4.70. The molecular formula is C15H17NO2. The van der Waals surface area contributed by atoms with Gasteiger partial charge < -0.3 is 9.94 Å². The van der Waals surface area contributed by atoms with E-state index in [4.69, 9.17) is 10.7 Å². The van der Waals surface area contributed by atoms with Crippen LogP contribution in [0.25, 0.3) is 0 Å². The van der Waals surface area contributed by atoms with Crippen LogP contribution in [0.5, 0.6) is 11.5 Å². The van der Waals surface area contributed by atoms with Gasteiger partial charge in [-0.25, -0.2) is 0 Å². The first-order valence-electron chi connectivity index (χ1n) is 5.81. The van der Waals surface area contributed by atoms with E-state index in [0.717, 1.165) is 11.1 Å². The molecule has 0 unspecified atom stereocenters. The van der Waals surface area contributed by atoms with Gasteiger partial charge in [0, 0.05) is 5.41 Å². The van der Waals surface area contributed by atoms with Crippen molar-refractivity contribution in [1.82, 2.24) is 0 Å². The van der Waals surface area contributed by atoms with Crippen molar-refractivity contribution in [3.8, 4) is 11.5 Å². The number of hydrogen-bond donors (Lipinski definition) is 2. The topological polar surface area (TPSA) is 55.5 Å². The van der Waals surface area contributed by atoms with Crippen molar-refractivity contribution in [1.29, 1.82) is 0 Å². The minimum atomic E-state index is -0.229. The van der Waals surface area contributed by atoms with Crippen LogP contribution in [-0.2, 0) is 5.41 Å². The van der Waals surface area contributed by atoms with Crippen molar-refractivity contribution in [3.63, 3.8) is 0 Å². The molecule has 0 amide bonds. The summed E-state index contributed by atoms with van der Waals surface area (Å²) >= 11 is 0. The molecule has 2 aromatic carbocycles. The zero-order valence-corrected chi connectivity index (χ0v) is 10.6. The van der Waals surface area contributed by atoms with Crippen LogP contribution in [0, 0.1) is 0 Å². The molecule has 0 saturated heterocycles. The predicted molar refractivity (Wildman–Crippen MR) is 71.5 cm³/mol. The Balaban J connectivity index is 2.46. The van der Waals surface area contributed by atoms with E-state index < -0.39 is 0 Å². The molecular weight excluding hydrogens is 226 g/mol. The van der Waals surface area contributed by atoms with Crippen molar-refractivity contribution >= 4 is 0 Å². The quantitative estimate of drug-likeness (QED) is 0.815. The van der Waals surface area contributed by atoms with E-state index in [-0.39, 0.29) is 11.2 Å². The average Bonchev–Trinajstić information content (AvgIpc) is 2.39. The summed E-state index contributed by atoms with van der Waals surface area (Å²) < 4.78 is 0. The molecule has 2 rings (SSSR count). The molecule has 0 aliphatic heterocycles. The van der Waals surface area contributed by atoms with Gasteiger partial charge in [-0.05, 0) is 35.4 Å². The molecule has 0 aliphatic rings. The Kier molecular flexibility index (Phi) is 3.26. The molecule has 0 aliphatic carbocycles. The zero-order valence-electron chi connectivity index (χ0n) is 10.6. The highest BCUT2D eigenvalue weighted by Gasteiger charge is 2.23. The molecule has 0 spiro atoms. The first kappa shape index (κ1) is 12.5. The normalized spacial score (nSPS) is 11.3. The van der Waals surface area contributed by atoms with Crippen LogP contribution in [0.3, 0.4) is 0 Å². The molecule has 18 heavy (non-hydrogen) atoms. The summed E-state index contributed by atoms with van der Waals surface area (Å²) in [6, 6.07) is 14.9. The Labute approximate surface area is 107 Å². The van der Waals surface area contributed by atoms with E-state index in [1.165, 1.54) is 0 Å². The fourth-order valence-electron chi connectivity index (χ4n) is 2.02. The SMILES string of the molecule is CC(C)(c1cccc(O)c1)c1cccc(ON)c1. The average molecular weight is 243 g/mol. The summed E-state index contributed by atoms with van der Waals surface area (Å²) in [5.41, 5.74) is 1.89. The Morgan fingerprint density at radius 3 is 2.22 bits per heavy atom. The Bertz CT molecular complexity index is 550. The van der Waals surface area contributed by atoms with E-state index >= 15 is 0 Å². The lowest BCUT2D eigenvalue weighted by atomic mass is 9.78. The summed E-state index contributed by atoms with van der Waals surface area (Å²) in [5.74, 6) is 6.08. The minimum Gasteiger partial charge on any atom is -0.508 e. The van der Waals surface area contributed by atoms with E-state index in [0.29, 0.717) is 5.75 Å². The van der Waals surface area contributed by atoms with Crippen molar-refractivity contribution < 1.29 is 9.94 Å². The fourth-order valence-corrected chi connectivity index (χ4v) is 2.02. The molecule has 3 heteroatoms. The van der Waals surface area contributed by atoms with E-state index in [2.05, 4.69) is 13.8 Å². The molecule has 0 fully saturated rings. The Morgan fingerprint density at radius 1 is 1.00 bits per heavy atom. The lowest BCUT2D eigenvalue weighted by molar-refractivity contribution is 0.333. The third-order valence-electron chi connectivity index (χ3n) is 3.26. The summed E-state index contributed by atoms with van der Waals surface area (Å²) in [6.45, 7) is 4.19. The zero-order chi connectivity index (χ0) is 13.2. The Morgan fingerprint density at radius 2 is 1.61 bits per heavy atom. The molecule has 0 bridgehead atoms. The highest BCUT2D eigenvalue weighted by molar-refractivity contribution is 5.43. The van der Waals surface area contributed by atoms with Gasteiger partial charge in [0.25, 0.3) is 0 Å². The molecule has 0 atom stereocenters. The summed E-state index contributed by atoms with van der Waals surface area (Å²) in [7, 11) is 0. The van der Waals surface area contributed by atoms with Crippen LogP contribution in [0.2, 0.25) is 0 Å². The summed E-state index contributed by atoms with van der Waals surface area (Å²) in [4.78, 5) is 4.76. The molecule has 0 saturated carbocycles. The van der Waals surface area contributed by atoms with Gasteiger partial charge in [0.1, 0.15) is 11.5 Å². The highest BCUT2D eigenvalue weighted by atomic mass is 16.6. The maximum atomic E-state index is 9.58. The lowest BCUT2D eigenvalue weighted by Gasteiger charge is -2.26. The number of aromatic hydroxyl groups is 1. The highest BCUT2D eigenvalue weighted by Crippen LogP contribution is 2.34. The van der Waals surface area contributed by atoms with E-state index in [9.17, 15) is 5.11 Å². The second-order valence-electron chi connectivity index (χ2n) is 4.82. The molecule has 3 nitrogen and oxygen atoms in total. The molecule has 2 aromatic rings. The van der Waals surface area contributed by atoms with Gasteiger partial charge >= 0.3 is 0 Å². The third kappa shape index (κ3) is 2.31. The fraction of sp³-hybridized carbons (Fsp3) is 0.200. The number of benzene rings is 2. The number of phenols is 1. The van der Waals surface area contributed by atoms with E-state index in [1.807, 2.05) is 36.4 Å². The number of rotatable bonds is 3. The molecule has 0 heterocycles. The Hall–Kier alpha value is -2.00. The number of phenolic OH excluding ortho intramolecular Hbond substituents is 1. The molecule has 94 valence electrons. The molecule has 0 radical (unpaired) electrons. The van der Waals surface area contributed by atoms with Gasteiger partial charge in [-0.2, -0.15) is 5.90 Å². The van der Waals surface area contributed by atoms with Crippen LogP contribution in [0.15, 0.2) is 48.5 Å².